The highest BCUT2D eigenvalue weighted by Gasteiger charge is 2.20. The van der Waals surface area contributed by atoms with E-state index in [1.54, 1.807) is 24.3 Å². The minimum atomic E-state index is -3.49. The Morgan fingerprint density at radius 1 is 1.18 bits per heavy atom. The van der Waals surface area contributed by atoms with E-state index in [4.69, 9.17) is 23.2 Å². The van der Waals surface area contributed by atoms with Gasteiger partial charge in [0.1, 0.15) is 0 Å². The second-order valence-electron chi connectivity index (χ2n) is 3.21. The van der Waals surface area contributed by atoms with Crippen molar-refractivity contribution in [3.05, 3.63) is 40.1 Å². The molecule has 4 nitrogen and oxygen atoms in total. The third kappa shape index (κ3) is 3.16. The van der Waals surface area contributed by atoms with Gasteiger partial charge in [-0.3, -0.25) is 0 Å². The Balaban J connectivity index is 2.26. The van der Waals surface area contributed by atoms with Crippen LogP contribution in [0, 0.1) is 0 Å². The Bertz CT molecular complexity index is 623. The highest BCUT2D eigenvalue weighted by atomic mass is 35.5. The molecule has 0 fully saturated rings. The molecule has 1 aromatic carbocycles. The van der Waals surface area contributed by atoms with E-state index in [0.717, 1.165) is 11.5 Å². The Kier molecular flexibility index (Phi) is 3.67. The van der Waals surface area contributed by atoms with Gasteiger partial charge in [-0.15, -0.1) is 0 Å². The van der Waals surface area contributed by atoms with Crippen molar-refractivity contribution in [2.45, 2.75) is 10.1 Å². The summed E-state index contributed by atoms with van der Waals surface area (Å²) in [6.07, 6.45) is 0. The van der Waals surface area contributed by atoms with E-state index < -0.39 is 9.84 Å². The van der Waals surface area contributed by atoms with Gasteiger partial charge in [-0.2, -0.15) is 9.36 Å². The first-order valence-electron chi connectivity index (χ1n) is 4.44. The van der Waals surface area contributed by atoms with Crippen molar-refractivity contribution in [3.8, 4) is 0 Å². The van der Waals surface area contributed by atoms with Crippen LogP contribution in [0.15, 0.2) is 28.6 Å². The van der Waals surface area contributed by atoms with Crippen LogP contribution in [0.2, 0.25) is 10.3 Å². The van der Waals surface area contributed by atoms with Crippen molar-refractivity contribution in [2.24, 2.45) is 0 Å². The summed E-state index contributed by atoms with van der Waals surface area (Å²) in [4.78, 5) is 3.65. The number of rotatable bonds is 3. The van der Waals surface area contributed by atoms with E-state index in [0.29, 0.717) is 10.6 Å². The third-order valence-electron chi connectivity index (χ3n) is 1.92. The van der Waals surface area contributed by atoms with E-state index in [9.17, 15) is 8.42 Å². The number of sulfone groups is 1. The van der Waals surface area contributed by atoms with Crippen LogP contribution in [0.3, 0.4) is 0 Å². The van der Waals surface area contributed by atoms with Gasteiger partial charge < -0.3 is 0 Å². The maximum Gasteiger partial charge on any atom is 0.235 e. The summed E-state index contributed by atoms with van der Waals surface area (Å²) in [6.45, 7) is 0. The third-order valence-corrected chi connectivity index (χ3v) is 5.27. The first-order chi connectivity index (χ1) is 7.97. The fraction of sp³-hybridized carbons (Fsp3) is 0.111. The van der Waals surface area contributed by atoms with Crippen molar-refractivity contribution >= 4 is 44.6 Å². The predicted molar refractivity (Wildman–Crippen MR) is 67.3 cm³/mol. The lowest BCUT2D eigenvalue weighted by Crippen LogP contribution is -2.04. The molecule has 0 aliphatic carbocycles. The van der Waals surface area contributed by atoms with Gasteiger partial charge in [0.05, 0.1) is 5.75 Å². The van der Waals surface area contributed by atoms with Crippen molar-refractivity contribution < 1.29 is 8.42 Å². The summed E-state index contributed by atoms with van der Waals surface area (Å²) in [5.41, 5.74) is 0.640. The largest absolute Gasteiger partial charge is 0.235 e. The molecule has 90 valence electrons. The van der Waals surface area contributed by atoms with E-state index in [1.165, 1.54) is 0 Å². The first-order valence-corrected chi connectivity index (χ1v) is 7.62. The maximum absolute atomic E-state index is 11.9. The summed E-state index contributed by atoms with van der Waals surface area (Å²) in [7, 11) is -3.49. The molecule has 0 spiro atoms. The molecule has 2 rings (SSSR count). The second kappa shape index (κ2) is 4.89. The molecule has 17 heavy (non-hydrogen) atoms. The Labute approximate surface area is 112 Å². The van der Waals surface area contributed by atoms with E-state index in [-0.39, 0.29) is 15.4 Å². The minimum absolute atomic E-state index is 0.0512. The summed E-state index contributed by atoms with van der Waals surface area (Å²) in [6, 6.07) is 6.59. The normalized spacial score (nSPS) is 11.6. The molecule has 0 unspecified atom stereocenters. The highest BCUT2D eigenvalue weighted by molar-refractivity contribution is 7.92. The molecule has 0 atom stereocenters. The van der Waals surface area contributed by atoms with E-state index >= 15 is 0 Å². The van der Waals surface area contributed by atoms with Gasteiger partial charge in [-0.05, 0) is 40.8 Å². The van der Waals surface area contributed by atoms with Gasteiger partial charge in [-0.1, -0.05) is 23.7 Å². The van der Waals surface area contributed by atoms with Gasteiger partial charge in [-0.25, -0.2) is 8.42 Å². The SMILES string of the molecule is O=S(=O)(Cc1ccc(Cl)cc1)c1nc(Cl)ns1. The van der Waals surface area contributed by atoms with Crippen molar-refractivity contribution in [3.63, 3.8) is 0 Å². The van der Waals surface area contributed by atoms with Gasteiger partial charge in [0.25, 0.3) is 0 Å². The molecule has 0 bridgehead atoms. The topological polar surface area (TPSA) is 59.9 Å². The van der Waals surface area contributed by atoms with Gasteiger partial charge in [0.2, 0.25) is 19.5 Å². The molecule has 0 saturated heterocycles. The lowest BCUT2D eigenvalue weighted by molar-refractivity contribution is 0.594. The maximum atomic E-state index is 11.9. The average molecular weight is 309 g/mol. The average Bonchev–Trinajstić information content (AvgIpc) is 2.69. The standard InChI is InChI=1S/C9H6Cl2N2O2S2/c10-7-3-1-6(2-4-7)5-17(14,15)9-12-8(11)13-16-9/h1-4H,5H2. The van der Waals surface area contributed by atoms with Crippen LogP contribution in [0.4, 0.5) is 0 Å². The van der Waals surface area contributed by atoms with E-state index in [2.05, 4.69) is 9.36 Å². The Morgan fingerprint density at radius 3 is 2.35 bits per heavy atom. The summed E-state index contributed by atoms with van der Waals surface area (Å²) in [5.74, 6) is -0.143. The van der Waals surface area contributed by atoms with E-state index in [1.807, 2.05) is 0 Å². The van der Waals surface area contributed by atoms with Crippen LogP contribution in [0.5, 0.6) is 0 Å². The molecule has 0 amide bonds. The molecule has 2 aromatic rings. The molecule has 0 radical (unpaired) electrons. The monoisotopic (exact) mass is 308 g/mol. The predicted octanol–water partition coefficient (Wildman–Crippen LogP) is 2.82. The van der Waals surface area contributed by atoms with Crippen LogP contribution in [0.25, 0.3) is 0 Å². The van der Waals surface area contributed by atoms with Crippen LogP contribution in [0.1, 0.15) is 5.56 Å². The fourth-order valence-electron chi connectivity index (χ4n) is 1.18. The highest BCUT2D eigenvalue weighted by Crippen LogP contribution is 2.20. The molecular formula is C9H6Cl2N2O2S2. The van der Waals surface area contributed by atoms with Gasteiger partial charge in [0, 0.05) is 5.02 Å². The van der Waals surface area contributed by atoms with Crippen LogP contribution in [-0.2, 0) is 15.6 Å². The minimum Gasteiger partial charge on any atom is -0.221 e. The van der Waals surface area contributed by atoms with Crippen LogP contribution < -0.4 is 0 Å². The quantitative estimate of drug-likeness (QED) is 0.875. The van der Waals surface area contributed by atoms with Crippen molar-refractivity contribution in [1.29, 1.82) is 0 Å². The lowest BCUT2D eigenvalue weighted by Gasteiger charge is -2.00. The molecular weight excluding hydrogens is 303 g/mol. The Morgan fingerprint density at radius 2 is 1.82 bits per heavy atom. The van der Waals surface area contributed by atoms with Crippen LogP contribution in [-0.4, -0.2) is 17.8 Å². The zero-order valence-corrected chi connectivity index (χ0v) is 11.4. The summed E-state index contributed by atoms with van der Waals surface area (Å²) >= 11 is 12.0. The van der Waals surface area contributed by atoms with Gasteiger partial charge in [0.15, 0.2) is 0 Å². The molecule has 0 saturated carbocycles. The first kappa shape index (κ1) is 12.8. The number of hydrogen-bond acceptors (Lipinski definition) is 5. The number of halogens is 2. The number of aromatic nitrogens is 2. The molecule has 0 aliphatic rings. The number of hydrogen-bond donors (Lipinski definition) is 0. The second-order valence-corrected chi connectivity index (χ2v) is 6.90. The molecule has 1 heterocycles. The fourth-order valence-corrected chi connectivity index (χ4v) is 3.64. The number of benzene rings is 1. The summed E-state index contributed by atoms with van der Waals surface area (Å²) < 4.78 is 27.4. The van der Waals surface area contributed by atoms with Crippen LogP contribution >= 0.6 is 34.7 Å². The van der Waals surface area contributed by atoms with Crippen molar-refractivity contribution in [2.75, 3.05) is 0 Å². The zero-order chi connectivity index (χ0) is 12.5. The Hall–Kier alpha value is -0.690. The molecule has 0 aliphatic heterocycles. The zero-order valence-electron chi connectivity index (χ0n) is 8.30. The smallest absolute Gasteiger partial charge is 0.221 e. The molecule has 1 aromatic heterocycles. The van der Waals surface area contributed by atoms with Gasteiger partial charge >= 0.3 is 0 Å². The number of nitrogens with zero attached hydrogens (tertiary/aromatic N) is 2. The molecule has 8 heteroatoms. The van der Waals surface area contributed by atoms with Crippen molar-refractivity contribution in [1.82, 2.24) is 9.36 Å². The summed E-state index contributed by atoms with van der Waals surface area (Å²) in [5, 5.41) is 0.509. The molecule has 0 N–H and O–H groups in total. The lowest BCUT2D eigenvalue weighted by atomic mass is 10.2.